The van der Waals surface area contributed by atoms with Gasteiger partial charge in [0.05, 0.1) is 10.7 Å². The highest BCUT2D eigenvalue weighted by Gasteiger charge is 2.26. The van der Waals surface area contributed by atoms with Gasteiger partial charge >= 0.3 is 12.6 Å². The lowest BCUT2D eigenvalue weighted by molar-refractivity contribution is -0.0500. The molecule has 7 heteroatoms. The molecule has 0 spiro atoms. The van der Waals surface area contributed by atoms with Gasteiger partial charge in [-0.3, -0.25) is 0 Å². The lowest BCUT2D eigenvalue weighted by Crippen LogP contribution is -2.24. The molecule has 0 saturated carbocycles. The fraction of sp³-hybridized carbons (Fsp3) is 0.133. The van der Waals surface area contributed by atoms with Crippen LogP contribution < -0.4 is 15.4 Å². The number of ether oxygens (including phenoxy) is 1. The number of carbonyl (C=O) groups is 1. The van der Waals surface area contributed by atoms with Gasteiger partial charge in [0, 0.05) is 5.56 Å². The van der Waals surface area contributed by atoms with Crippen molar-refractivity contribution < 1.29 is 18.3 Å². The molecule has 0 bridgehead atoms. The Labute approximate surface area is 129 Å². The normalized spacial score (nSPS) is 19.1. The van der Waals surface area contributed by atoms with E-state index in [1.165, 1.54) is 12.1 Å². The fourth-order valence-corrected chi connectivity index (χ4v) is 2.49. The highest BCUT2D eigenvalue weighted by atomic mass is 35.5. The smallest absolute Gasteiger partial charge is 0.387 e. The van der Waals surface area contributed by atoms with Crippen molar-refractivity contribution in [2.24, 2.45) is 0 Å². The van der Waals surface area contributed by atoms with Crippen molar-refractivity contribution in [3.63, 3.8) is 0 Å². The third-order valence-electron chi connectivity index (χ3n) is 3.09. The molecule has 1 saturated heterocycles. The van der Waals surface area contributed by atoms with Gasteiger partial charge in [-0.2, -0.15) is 8.78 Å². The van der Waals surface area contributed by atoms with E-state index in [2.05, 4.69) is 27.2 Å². The summed E-state index contributed by atoms with van der Waals surface area (Å²) in [7, 11) is 0. The third kappa shape index (κ3) is 2.76. The van der Waals surface area contributed by atoms with E-state index in [0.29, 0.717) is 16.8 Å². The number of urea groups is 1. The molecule has 0 radical (unpaired) electrons. The maximum absolute atomic E-state index is 12.6. The quantitative estimate of drug-likeness (QED) is 0.841. The van der Waals surface area contributed by atoms with E-state index in [4.69, 9.17) is 11.6 Å². The van der Waals surface area contributed by atoms with E-state index in [0.717, 1.165) is 0 Å². The molecule has 3 rings (SSSR count). The van der Waals surface area contributed by atoms with Crippen LogP contribution in [0.5, 0.6) is 5.75 Å². The van der Waals surface area contributed by atoms with Gasteiger partial charge in [0.2, 0.25) is 0 Å². The molecular formula is C15H9ClF2N2O2. The number of alkyl halides is 2. The summed E-state index contributed by atoms with van der Waals surface area (Å²) in [6, 6.07) is 3.66. The number of nitrogens with one attached hydrogen (secondary N) is 2. The number of halogens is 3. The minimum Gasteiger partial charge on any atom is -0.434 e. The summed E-state index contributed by atoms with van der Waals surface area (Å²) in [6.07, 6.45) is 3.16. The minimum atomic E-state index is -2.97. The maximum Gasteiger partial charge on any atom is 0.387 e. The van der Waals surface area contributed by atoms with Crippen molar-refractivity contribution in [1.82, 2.24) is 10.6 Å². The highest BCUT2D eigenvalue weighted by Crippen LogP contribution is 2.35. The standard InChI is InChI=1S/C15H9ClF2N2O2/c16-9-4-2-6-12(22-14(17)18)13(9)8-3-1-5-10-11(7-8)20-15(21)19-10/h2-4,6-7,10,14H,(H2,19,20,21). The SMILES string of the molecule is O=C1NC2=CC(c3c(Cl)cccc3OC(F)F)=CC#CC2N1. The topological polar surface area (TPSA) is 50.4 Å². The van der Waals surface area contributed by atoms with Gasteiger partial charge in [0.25, 0.3) is 0 Å². The Hall–Kier alpha value is -2.52. The molecule has 0 aromatic heterocycles. The molecule has 1 unspecified atom stereocenters. The zero-order valence-corrected chi connectivity index (χ0v) is 11.7. The van der Waals surface area contributed by atoms with Crippen LogP contribution in [-0.2, 0) is 0 Å². The molecule has 1 aliphatic heterocycles. The van der Waals surface area contributed by atoms with Crippen LogP contribution in [0.2, 0.25) is 5.02 Å². The molecule has 1 aromatic carbocycles. The first-order chi connectivity index (χ1) is 10.5. The average Bonchev–Trinajstić information content (AvgIpc) is 2.66. The van der Waals surface area contributed by atoms with Crippen LogP contribution in [0.25, 0.3) is 5.57 Å². The molecular weight excluding hydrogens is 314 g/mol. The predicted octanol–water partition coefficient (Wildman–Crippen LogP) is 2.91. The molecule has 1 heterocycles. The van der Waals surface area contributed by atoms with Crippen molar-refractivity contribution in [1.29, 1.82) is 0 Å². The van der Waals surface area contributed by atoms with Gasteiger partial charge in [-0.05, 0) is 29.9 Å². The van der Waals surface area contributed by atoms with Crippen molar-refractivity contribution in [2.45, 2.75) is 12.7 Å². The number of hydrogen-bond acceptors (Lipinski definition) is 2. The molecule has 2 N–H and O–H groups in total. The highest BCUT2D eigenvalue weighted by molar-refractivity contribution is 6.32. The average molecular weight is 323 g/mol. The van der Waals surface area contributed by atoms with E-state index in [-0.39, 0.29) is 16.8 Å². The van der Waals surface area contributed by atoms with Gasteiger partial charge in [0.1, 0.15) is 11.8 Å². The number of fused-ring (bicyclic) bond motifs is 1. The van der Waals surface area contributed by atoms with Crippen LogP contribution in [0.4, 0.5) is 13.6 Å². The Morgan fingerprint density at radius 1 is 1.36 bits per heavy atom. The molecule has 1 atom stereocenters. The summed E-state index contributed by atoms with van der Waals surface area (Å²) >= 11 is 6.12. The van der Waals surface area contributed by atoms with E-state index in [9.17, 15) is 13.6 Å². The number of hydrogen-bond donors (Lipinski definition) is 2. The van der Waals surface area contributed by atoms with Crippen LogP contribution in [-0.4, -0.2) is 18.7 Å². The zero-order chi connectivity index (χ0) is 15.7. The van der Waals surface area contributed by atoms with Gasteiger partial charge in [-0.15, -0.1) is 0 Å². The van der Waals surface area contributed by atoms with Gasteiger partial charge in [-0.25, -0.2) is 4.79 Å². The number of allylic oxidation sites excluding steroid dienone is 3. The van der Waals surface area contributed by atoms with Crippen LogP contribution >= 0.6 is 11.6 Å². The first-order valence-electron chi connectivity index (χ1n) is 6.28. The number of carbonyl (C=O) groups excluding carboxylic acids is 1. The Kier molecular flexibility index (Phi) is 3.73. The molecule has 2 amide bonds. The van der Waals surface area contributed by atoms with E-state index >= 15 is 0 Å². The van der Waals surface area contributed by atoms with Crippen molar-refractivity contribution in [3.05, 3.63) is 46.6 Å². The molecule has 1 fully saturated rings. The zero-order valence-electron chi connectivity index (χ0n) is 11.0. The summed E-state index contributed by atoms with van der Waals surface area (Å²) in [5.41, 5.74) is 1.31. The Morgan fingerprint density at radius 3 is 2.95 bits per heavy atom. The largest absolute Gasteiger partial charge is 0.434 e. The summed E-state index contributed by atoms with van der Waals surface area (Å²) in [5, 5.41) is 5.48. The summed E-state index contributed by atoms with van der Waals surface area (Å²) in [6.45, 7) is -2.97. The summed E-state index contributed by atoms with van der Waals surface area (Å²) < 4.78 is 29.6. The first-order valence-corrected chi connectivity index (χ1v) is 6.66. The van der Waals surface area contributed by atoms with Crippen molar-refractivity contribution in [2.75, 3.05) is 0 Å². The predicted molar refractivity (Wildman–Crippen MR) is 77.4 cm³/mol. The summed E-state index contributed by atoms with van der Waals surface area (Å²) in [5.74, 6) is 5.55. The Bertz CT molecular complexity index is 763. The Morgan fingerprint density at radius 2 is 2.18 bits per heavy atom. The van der Waals surface area contributed by atoms with Crippen LogP contribution in [0.15, 0.2) is 36.0 Å². The Balaban J connectivity index is 2.07. The molecule has 112 valence electrons. The van der Waals surface area contributed by atoms with Gasteiger partial charge in [0.15, 0.2) is 0 Å². The molecule has 2 aliphatic rings. The maximum atomic E-state index is 12.6. The van der Waals surface area contributed by atoms with Crippen molar-refractivity contribution in [3.8, 4) is 17.6 Å². The monoisotopic (exact) mass is 322 g/mol. The van der Waals surface area contributed by atoms with Crippen LogP contribution in [0.1, 0.15) is 5.56 Å². The number of rotatable bonds is 3. The van der Waals surface area contributed by atoms with E-state index in [1.54, 1.807) is 18.2 Å². The minimum absolute atomic E-state index is 0.0527. The second kappa shape index (κ2) is 5.70. The first kappa shape index (κ1) is 14.4. The molecule has 1 aromatic rings. The van der Waals surface area contributed by atoms with Crippen LogP contribution in [0, 0.1) is 11.8 Å². The third-order valence-corrected chi connectivity index (χ3v) is 3.41. The molecule has 22 heavy (non-hydrogen) atoms. The molecule has 4 nitrogen and oxygen atoms in total. The number of amides is 2. The summed E-state index contributed by atoms with van der Waals surface area (Å²) in [4.78, 5) is 11.3. The van der Waals surface area contributed by atoms with E-state index < -0.39 is 12.7 Å². The second-order valence-corrected chi connectivity index (χ2v) is 4.92. The van der Waals surface area contributed by atoms with Crippen LogP contribution in [0.3, 0.4) is 0 Å². The second-order valence-electron chi connectivity index (χ2n) is 4.51. The molecule has 1 aliphatic carbocycles. The lowest BCUT2D eigenvalue weighted by atomic mass is 10.0. The van der Waals surface area contributed by atoms with Crippen molar-refractivity contribution >= 4 is 23.2 Å². The van der Waals surface area contributed by atoms with E-state index in [1.807, 2.05) is 0 Å². The van der Waals surface area contributed by atoms with Gasteiger partial charge < -0.3 is 15.4 Å². The fourth-order valence-electron chi connectivity index (χ4n) is 2.22. The van der Waals surface area contributed by atoms with Gasteiger partial charge in [-0.1, -0.05) is 29.5 Å². The number of benzene rings is 1. The lowest BCUT2D eigenvalue weighted by Gasteiger charge is -2.13.